The third-order valence-corrected chi connectivity index (χ3v) is 1.88. The van der Waals surface area contributed by atoms with Crippen LogP contribution in [0.2, 0.25) is 10.0 Å². The Morgan fingerprint density at radius 2 is 2.00 bits per heavy atom. The fourth-order valence-electron chi connectivity index (χ4n) is 0.841. The summed E-state index contributed by atoms with van der Waals surface area (Å²) in [4.78, 5) is 10.9. The van der Waals surface area contributed by atoms with Crippen molar-refractivity contribution >= 4 is 29.1 Å². The van der Waals surface area contributed by atoms with Crippen LogP contribution < -0.4 is 5.48 Å². The summed E-state index contributed by atoms with van der Waals surface area (Å²) in [5.74, 6) is -1.27. The molecule has 0 aliphatic heterocycles. The average molecular weight is 222 g/mol. The first kappa shape index (κ1) is 10.1. The van der Waals surface area contributed by atoms with Crippen LogP contribution in [-0.2, 0) is 0 Å². The molecule has 1 aromatic rings. The molecule has 3 N–H and O–H groups in total. The van der Waals surface area contributed by atoms with Crippen LogP contribution in [0.1, 0.15) is 10.4 Å². The molecule has 13 heavy (non-hydrogen) atoms. The highest BCUT2D eigenvalue weighted by atomic mass is 35.5. The van der Waals surface area contributed by atoms with Gasteiger partial charge in [0.05, 0.1) is 5.02 Å². The largest absolute Gasteiger partial charge is 0.507 e. The molecule has 6 heteroatoms. The van der Waals surface area contributed by atoms with Gasteiger partial charge in [0.1, 0.15) is 11.3 Å². The van der Waals surface area contributed by atoms with Gasteiger partial charge in [0, 0.05) is 5.02 Å². The zero-order chi connectivity index (χ0) is 10.0. The predicted octanol–water partition coefficient (Wildman–Crippen LogP) is 1.82. The number of hydrogen-bond donors (Lipinski definition) is 3. The summed E-state index contributed by atoms with van der Waals surface area (Å²) in [6.45, 7) is 0. The molecule has 0 bridgehead atoms. The Labute approximate surface area is 83.7 Å². The lowest BCUT2D eigenvalue weighted by atomic mass is 10.2. The number of aromatic hydroxyl groups is 1. The van der Waals surface area contributed by atoms with Crippen LogP contribution in [0.3, 0.4) is 0 Å². The van der Waals surface area contributed by atoms with Crippen LogP contribution in [0.25, 0.3) is 0 Å². The Morgan fingerprint density at radius 3 is 2.46 bits per heavy atom. The van der Waals surface area contributed by atoms with E-state index in [-0.39, 0.29) is 21.4 Å². The third kappa shape index (κ3) is 2.03. The fourth-order valence-corrected chi connectivity index (χ4v) is 1.41. The number of hydroxylamine groups is 1. The van der Waals surface area contributed by atoms with E-state index in [9.17, 15) is 9.90 Å². The van der Waals surface area contributed by atoms with E-state index in [1.165, 1.54) is 11.5 Å². The molecular weight excluding hydrogens is 217 g/mol. The van der Waals surface area contributed by atoms with Gasteiger partial charge in [0.2, 0.25) is 0 Å². The number of amides is 1. The molecule has 0 aliphatic carbocycles. The van der Waals surface area contributed by atoms with Crippen molar-refractivity contribution in [3.63, 3.8) is 0 Å². The van der Waals surface area contributed by atoms with Crippen molar-refractivity contribution < 1.29 is 15.1 Å². The monoisotopic (exact) mass is 221 g/mol. The van der Waals surface area contributed by atoms with Gasteiger partial charge >= 0.3 is 0 Å². The minimum absolute atomic E-state index is 0.0310. The summed E-state index contributed by atoms with van der Waals surface area (Å²) in [5.41, 5.74) is 1.14. The van der Waals surface area contributed by atoms with Crippen molar-refractivity contribution in [3.8, 4) is 5.75 Å². The lowest BCUT2D eigenvalue weighted by Crippen LogP contribution is -2.19. The normalized spacial score (nSPS) is 9.77. The van der Waals surface area contributed by atoms with Crippen LogP contribution in [0.4, 0.5) is 0 Å². The number of hydrogen-bond acceptors (Lipinski definition) is 3. The van der Waals surface area contributed by atoms with E-state index in [0.29, 0.717) is 0 Å². The van der Waals surface area contributed by atoms with Gasteiger partial charge in [-0.15, -0.1) is 0 Å². The first-order valence-corrected chi connectivity index (χ1v) is 3.94. The molecule has 0 atom stereocenters. The molecule has 0 aliphatic rings. The molecular formula is C7H5Cl2NO3. The Balaban J connectivity index is 3.28. The van der Waals surface area contributed by atoms with E-state index >= 15 is 0 Å². The van der Waals surface area contributed by atoms with Crippen molar-refractivity contribution in [1.29, 1.82) is 0 Å². The Bertz CT molecular complexity index is 331. The lowest BCUT2D eigenvalue weighted by molar-refractivity contribution is 0.0703. The van der Waals surface area contributed by atoms with Gasteiger partial charge in [-0.3, -0.25) is 10.0 Å². The van der Waals surface area contributed by atoms with E-state index in [1.807, 2.05) is 0 Å². The van der Waals surface area contributed by atoms with Gasteiger partial charge < -0.3 is 5.11 Å². The number of rotatable bonds is 1. The summed E-state index contributed by atoms with van der Waals surface area (Å²) in [5, 5.41) is 17.7. The van der Waals surface area contributed by atoms with Crippen LogP contribution in [-0.4, -0.2) is 16.2 Å². The van der Waals surface area contributed by atoms with E-state index in [2.05, 4.69) is 0 Å². The van der Waals surface area contributed by atoms with Crippen LogP contribution in [0.5, 0.6) is 5.75 Å². The summed E-state index contributed by atoms with van der Waals surface area (Å²) in [7, 11) is 0. The highest BCUT2D eigenvalue weighted by molar-refractivity contribution is 6.37. The molecule has 1 amide bonds. The molecule has 0 saturated heterocycles. The van der Waals surface area contributed by atoms with Gasteiger partial charge in [-0.25, -0.2) is 5.48 Å². The molecule has 0 aromatic heterocycles. The topological polar surface area (TPSA) is 69.6 Å². The zero-order valence-electron chi connectivity index (χ0n) is 6.21. The number of phenols is 1. The molecule has 0 spiro atoms. The SMILES string of the molecule is O=C(NO)c1c(O)cc(Cl)cc1Cl. The zero-order valence-corrected chi connectivity index (χ0v) is 7.73. The van der Waals surface area contributed by atoms with Crippen molar-refractivity contribution in [2.45, 2.75) is 0 Å². The predicted molar refractivity (Wildman–Crippen MR) is 47.4 cm³/mol. The number of nitrogens with one attached hydrogen (secondary N) is 1. The fraction of sp³-hybridized carbons (Fsp3) is 0. The van der Waals surface area contributed by atoms with Crippen molar-refractivity contribution in [2.75, 3.05) is 0 Å². The highest BCUT2D eigenvalue weighted by Crippen LogP contribution is 2.29. The second kappa shape index (κ2) is 3.83. The van der Waals surface area contributed by atoms with E-state index in [4.69, 9.17) is 28.4 Å². The smallest absolute Gasteiger partial charge is 0.279 e. The minimum Gasteiger partial charge on any atom is -0.507 e. The van der Waals surface area contributed by atoms with E-state index in [0.717, 1.165) is 6.07 Å². The molecule has 0 heterocycles. The number of carbonyl (C=O) groups excluding carboxylic acids is 1. The number of halogens is 2. The number of carbonyl (C=O) groups is 1. The summed E-state index contributed by atoms with van der Waals surface area (Å²) in [6.07, 6.45) is 0. The van der Waals surface area contributed by atoms with Crippen molar-refractivity contribution in [2.24, 2.45) is 0 Å². The average Bonchev–Trinajstić information content (AvgIpc) is 2.02. The molecule has 70 valence electrons. The number of benzene rings is 1. The van der Waals surface area contributed by atoms with Gasteiger partial charge in [0.15, 0.2) is 0 Å². The minimum atomic E-state index is -0.890. The Hall–Kier alpha value is -0.970. The second-order valence-electron chi connectivity index (χ2n) is 2.22. The molecule has 0 fully saturated rings. The molecule has 1 aromatic carbocycles. The first-order valence-electron chi connectivity index (χ1n) is 3.18. The molecule has 4 nitrogen and oxygen atoms in total. The standard InChI is InChI=1S/C7H5Cl2NO3/c8-3-1-4(9)6(5(11)2-3)7(12)10-13/h1-2,11,13H,(H,10,12). The van der Waals surface area contributed by atoms with E-state index < -0.39 is 5.91 Å². The molecule has 0 radical (unpaired) electrons. The summed E-state index contributed by atoms with van der Waals surface area (Å²) < 4.78 is 0. The molecule has 0 saturated carbocycles. The third-order valence-electron chi connectivity index (χ3n) is 1.36. The van der Waals surface area contributed by atoms with Crippen LogP contribution in [0, 0.1) is 0 Å². The van der Waals surface area contributed by atoms with Crippen molar-refractivity contribution in [1.82, 2.24) is 5.48 Å². The van der Waals surface area contributed by atoms with E-state index in [1.54, 1.807) is 0 Å². The van der Waals surface area contributed by atoms with Crippen molar-refractivity contribution in [3.05, 3.63) is 27.7 Å². The van der Waals surface area contributed by atoms with Gasteiger partial charge in [-0.1, -0.05) is 23.2 Å². The maximum atomic E-state index is 10.9. The molecule has 1 rings (SSSR count). The summed E-state index contributed by atoms with van der Waals surface area (Å²) >= 11 is 11.1. The Kier molecular flexibility index (Phi) is 2.98. The van der Waals surface area contributed by atoms with Crippen LogP contribution in [0.15, 0.2) is 12.1 Å². The van der Waals surface area contributed by atoms with Gasteiger partial charge in [-0.05, 0) is 12.1 Å². The number of phenolic OH excluding ortho intramolecular Hbond substituents is 1. The molecule has 0 unspecified atom stereocenters. The highest BCUT2D eigenvalue weighted by Gasteiger charge is 2.15. The first-order chi connectivity index (χ1) is 6.06. The van der Waals surface area contributed by atoms with Crippen LogP contribution >= 0.6 is 23.2 Å². The maximum absolute atomic E-state index is 10.9. The second-order valence-corrected chi connectivity index (χ2v) is 3.07. The maximum Gasteiger partial charge on any atom is 0.279 e. The quantitative estimate of drug-likeness (QED) is 0.501. The summed E-state index contributed by atoms with van der Waals surface area (Å²) in [6, 6.07) is 2.44. The lowest BCUT2D eigenvalue weighted by Gasteiger charge is -2.04. The Morgan fingerprint density at radius 1 is 1.38 bits per heavy atom. The van der Waals surface area contributed by atoms with Gasteiger partial charge in [0.25, 0.3) is 5.91 Å². The van der Waals surface area contributed by atoms with Gasteiger partial charge in [-0.2, -0.15) is 0 Å².